The molecule has 0 spiro atoms. The molecule has 1 aromatic carbocycles. The van der Waals surface area contributed by atoms with Crippen LogP contribution in [0.5, 0.6) is 0 Å². The SMILES string of the molecule is CCOCC1CCN(CC(O)c2ccc(F)c(F)c2)CC1. The minimum Gasteiger partial charge on any atom is -0.387 e. The van der Waals surface area contributed by atoms with E-state index in [4.69, 9.17) is 4.74 Å². The average molecular weight is 299 g/mol. The number of piperidine rings is 1. The highest BCUT2D eigenvalue weighted by Gasteiger charge is 2.22. The third-order valence-corrected chi connectivity index (χ3v) is 4.02. The molecule has 2 rings (SSSR count). The number of hydrogen-bond acceptors (Lipinski definition) is 3. The summed E-state index contributed by atoms with van der Waals surface area (Å²) in [6.07, 6.45) is 1.30. The molecule has 1 heterocycles. The Morgan fingerprint density at radius 1 is 1.29 bits per heavy atom. The predicted molar refractivity (Wildman–Crippen MR) is 77.0 cm³/mol. The van der Waals surface area contributed by atoms with Gasteiger partial charge in [0, 0.05) is 19.8 Å². The number of halogens is 2. The highest BCUT2D eigenvalue weighted by atomic mass is 19.2. The van der Waals surface area contributed by atoms with E-state index in [2.05, 4.69) is 4.90 Å². The summed E-state index contributed by atoms with van der Waals surface area (Å²) in [5.41, 5.74) is 0.422. The predicted octanol–water partition coefficient (Wildman–Crippen LogP) is 2.75. The Hall–Kier alpha value is -1.04. The van der Waals surface area contributed by atoms with Crippen molar-refractivity contribution >= 4 is 0 Å². The van der Waals surface area contributed by atoms with Crippen LogP contribution in [-0.2, 0) is 4.74 Å². The fourth-order valence-corrected chi connectivity index (χ4v) is 2.69. The number of nitrogens with zero attached hydrogens (tertiary/aromatic N) is 1. The number of hydrogen-bond donors (Lipinski definition) is 1. The molecular formula is C16H23F2NO2. The Bertz CT molecular complexity index is 448. The Labute approximate surface area is 124 Å². The molecule has 1 aliphatic heterocycles. The smallest absolute Gasteiger partial charge is 0.159 e. The van der Waals surface area contributed by atoms with Gasteiger partial charge in [0.2, 0.25) is 0 Å². The highest BCUT2D eigenvalue weighted by molar-refractivity contribution is 5.20. The van der Waals surface area contributed by atoms with Gasteiger partial charge in [-0.1, -0.05) is 6.07 Å². The Morgan fingerprint density at radius 3 is 2.62 bits per heavy atom. The van der Waals surface area contributed by atoms with Crippen LogP contribution in [0.4, 0.5) is 8.78 Å². The van der Waals surface area contributed by atoms with Gasteiger partial charge in [-0.3, -0.25) is 0 Å². The standard InChI is InChI=1S/C16H23F2NO2/c1-2-21-11-12-5-7-19(8-6-12)10-16(20)13-3-4-14(17)15(18)9-13/h3-4,9,12,16,20H,2,5-8,10-11H2,1H3. The van der Waals surface area contributed by atoms with E-state index < -0.39 is 17.7 Å². The van der Waals surface area contributed by atoms with Crippen LogP contribution in [0, 0.1) is 17.6 Å². The lowest BCUT2D eigenvalue weighted by Gasteiger charge is -2.33. The molecule has 0 saturated carbocycles. The zero-order valence-electron chi connectivity index (χ0n) is 12.4. The van der Waals surface area contributed by atoms with Gasteiger partial charge in [-0.05, 0) is 56.5 Å². The third-order valence-electron chi connectivity index (χ3n) is 4.02. The summed E-state index contributed by atoms with van der Waals surface area (Å²) in [6, 6.07) is 3.56. The quantitative estimate of drug-likeness (QED) is 0.877. The topological polar surface area (TPSA) is 32.7 Å². The number of likely N-dealkylation sites (tertiary alicyclic amines) is 1. The molecule has 5 heteroatoms. The van der Waals surface area contributed by atoms with Gasteiger partial charge in [0.15, 0.2) is 11.6 Å². The van der Waals surface area contributed by atoms with Gasteiger partial charge >= 0.3 is 0 Å². The van der Waals surface area contributed by atoms with Crippen molar-refractivity contribution in [3.05, 3.63) is 35.4 Å². The second-order valence-corrected chi connectivity index (χ2v) is 5.59. The molecule has 0 radical (unpaired) electrons. The molecule has 1 saturated heterocycles. The van der Waals surface area contributed by atoms with Gasteiger partial charge in [-0.2, -0.15) is 0 Å². The highest BCUT2D eigenvalue weighted by Crippen LogP contribution is 2.22. The maximum atomic E-state index is 13.2. The Balaban J connectivity index is 1.81. The van der Waals surface area contributed by atoms with Crippen molar-refractivity contribution < 1.29 is 18.6 Å². The Morgan fingerprint density at radius 2 is 2.00 bits per heavy atom. The lowest BCUT2D eigenvalue weighted by molar-refractivity contribution is 0.0533. The van der Waals surface area contributed by atoms with E-state index in [1.54, 1.807) is 0 Å². The van der Waals surface area contributed by atoms with Gasteiger partial charge < -0.3 is 14.7 Å². The normalized spacial score (nSPS) is 18.9. The molecule has 3 nitrogen and oxygen atoms in total. The van der Waals surface area contributed by atoms with E-state index in [1.807, 2.05) is 6.92 Å². The fraction of sp³-hybridized carbons (Fsp3) is 0.625. The van der Waals surface area contributed by atoms with E-state index in [-0.39, 0.29) is 0 Å². The molecule has 1 aliphatic rings. The van der Waals surface area contributed by atoms with E-state index in [0.717, 1.165) is 51.3 Å². The van der Waals surface area contributed by atoms with Crippen molar-refractivity contribution in [1.29, 1.82) is 0 Å². The monoisotopic (exact) mass is 299 g/mol. The lowest BCUT2D eigenvalue weighted by atomic mass is 9.97. The van der Waals surface area contributed by atoms with Crippen molar-refractivity contribution in [3.63, 3.8) is 0 Å². The summed E-state index contributed by atoms with van der Waals surface area (Å²) in [5.74, 6) is -1.22. The van der Waals surface area contributed by atoms with Crippen LogP contribution in [-0.4, -0.2) is 42.9 Å². The van der Waals surface area contributed by atoms with Crippen molar-refractivity contribution in [2.24, 2.45) is 5.92 Å². The minimum absolute atomic E-state index is 0.422. The molecular weight excluding hydrogens is 276 g/mol. The number of rotatable bonds is 6. The zero-order chi connectivity index (χ0) is 15.2. The van der Waals surface area contributed by atoms with Crippen molar-refractivity contribution in [1.82, 2.24) is 4.90 Å². The number of benzene rings is 1. The summed E-state index contributed by atoms with van der Waals surface area (Å²) in [7, 11) is 0. The van der Waals surface area contributed by atoms with E-state index in [1.165, 1.54) is 6.07 Å². The summed E-state index contributed by atoms with van der Waals surface area (Å²) in [4.78, 5) is 2.16. The second-order valence-electron chi connectivity index (χ2n) is 5.59. The van der Waals surface area contributed by atoms with E-state index >= 15 is 0 Å². The fourth-order valence-electron chi connectivity index (χ4n) is 2.69. The van der Waals surface area contributed by atoms with Gasteiger partial charge in [-0.25, -0.2) is 8.78 Å². The molecule has 1 fully saturated rings. The molecule has 1 unspecified atom stereocenters. The van der Waals surface area contributed by atoms with Crippen LogP contribution in [0.25, 0.3) is 0 Å². The third kappa shape index (κ3) is 4.73. The van der Waals surface area contributed by atoms with E-state index in [9.17, 15) is 13.9 Å². The molecule has 21 heavy (non-hydrogen) atoms. The van der Waals surface area contributed by atoms with Crippen LogP contribution in [0.1, 0.15) is 31.4 Å². The average Bonchev–Trinajstić information content (AvgIpc) is 2.49. The maximum Gasteiger partial charge on any atom is 0.159 e. The minimum atomic E-state index is -0.915. The van der Waals surface area contributed by atoms with Gasteiger partial charge in [0.1, 0.15) is 0 Å². The first-order valence-corrected chi connectivity index (χ1v) is 7.53. The maximum absolute atomic E-state index is 13.2. The lowest BCUT2D eigenvalue weighted by Crippen LogP contribution is -2.37. The van der Waals surface area contributed by atoms with Crippen LogP contribution in [0.15, 0.2) is 18.2 Å². The summed E-state index contributed by atoms with van der Waals surface area (Å²) >= 11 is 0. The molecule has 0 amide bonds. The second kappa shape index (κ2) is 7.82. The summed E-state index contributed by atoms with van der Waals surface area (Å²) in [5, 5.41) is 10.1. The molecule has 118 valence electrons. The first kappa shape index (κ1) is 16.3. The first-order valence-electron chi connectivity index (χ1n) is 7.53. The van der Waals surface area contributed by atoms with Crippen LogP contribution >= 0.6 is 0 Å². The van der Waals surface area contributed by atoms with Gasteiger partial charge in [-0.15, -0.1) is 0 Å². The number of aliphatic hydroxyl groups excluding tert-OH is 1. The van der Waals surface area contributed by atoms with Gasteiger partial charge in [0.05, 0.1) is 6.10 Å². The number of aliphatic hydroxyl groups is 1. The van der Waals surface area contributed by atoms with Crippen LogP contribution < -0.4 is 0 Å². The first-order chi connectivity index (χ1) is 10.1. The molecule has 1 N–H and O–H groups in total. The van der Waals surface area contributed by atoms with Crippen molar-refractivity contribution in [2.75, 3.05) is 32.8 Å². The molecule has 0 bridgehead atoms. The molecule has 1 atom stereocenters. The largest absolute Gasteiger partial charge is 0.387 e. The van der Waals surface area contributed by atoms with Crippen molar-refractivity contribution in [3.8, 4) is 0 Å². The van der Waals surface area contributed by atoms with Gasteiger partial charge in [0.25, 0.3) is 0 Å². The zero-order valence-corrected chi connectivity index (χ0v) is 12.4. The molecule has 0 aromatic heterocycles. The van der Waals surface area contributed by atoms with Crippen molar-refractivity contribution in [2.45, 2.75) is 25.9 Å². The molecule has 0 aliphatic carbocycles. The number of ether oxygens (including phenoxy) is 1. The summed E-state index contributed by atoms with van der Waals surface area (Å²) in [6.45, 7) is 5.79. The number of β-amino-alcohol motifs (C(OH)–C–C–N with tert-alkyl or cyclic N) is 1. The molecule has 1 aromatic rings. The van der Waals surface area contributed by atoms with Crippen LogP contribution in [0.2, 0.25) is 0 Å². The van der Waals surface area contributed by atoms with Crippen LogP contribution in [0.3, 0.4) is 0 Å². The summed E-state index contributed by atoms with van der Waals surface area (Å²) < 4.78 is 31.5. The Kier molecular flexibility index (Phi) is 6.08. The van der Waals surface area contributed by atoms with E-state index in [0.29, 0.717) is 18.0 Å².